The molecule has 38 heavy (non-hydrogen) atoms. The molecule has 0 aliphatic heterocycles. The second kappa shape index (κ2) is 12.4. The topological polar surface area (TPSA) is 70.4 Å². The maximum absolute atomic E-state index is 12.7. The lowest BCUT2D eigenvalue weighted by molar-refractivity contribution is -0.171. The Labute approximate surface area is 226 Å². The van der Waals surface area contributed by atoms with Crippen LogP contribution >= 0.6 is 0 Å². The molecular weight excluding hydrogens is 482 g/mol. The van der Waals surface area contributed by atoms with Crippen molar-refractivity contribution >= 4 is 5.97 Å². The van der Waals surface area contributed by atoms with Crippen molar-refractivity contribution in [2.24, 2.45) is 0 Å². The van der Waals surface area contributed by atoms with Gasteiger partial charge in [0.25, 0.3) is 0 Å². The Hall–Kier alpha value is -3.45. The first-order chi connectivity index (χ1) is 17.9. The van der Waals surface area contributed by atoms with Gasteiger partial charge in [-0.1, -0.05) is 18.2 Å². The van der Waals surface area contributed by atoms with Crippen LogP contribution in [-0.2, 0) is 22.6 Å². The van der Waals surface area contributed by atoms with E-state index in [1.807, 2.05) is 71.0 Å². The van der Waals surface area contributed by atoms with Crippen LogP contribution in [0.25, 0.3) is 0 Å². The standard InChI is InChI=1S/C31H41NO6/c1-22-17-24(18-23(2)28(22)37-31(6,7)29(33)38-30(3,4)5)20-32(21-27-13-10-15-35-27)14-16-36-26-12-9-11-25(19-26)34-8/h9-13,15,17-19H,14,16,20-21H2,1-8H3. The van der Waals surface area contributed by atoms with Crippen molar-refractivity contribution in [2.75, 3.05) is 20.3 Å². The van der Waals surface area contributed by atoms with Crippen molar-refractivity contribution < 1.29 is 28.2 Å². The van der Waals surface area contributed by atoms with E-state index in [0.29, 0.717) is 32.0 Å². The number of furan rings is 1. The molecule has 0 bridgehead atoms. The van der Waals surface area contributed by atoms with Gasteiger partial charge in [-0.05, 0) is 89.4 Å². The predicted molar refractivity (Wildman–Crippen MR) is 148 cm³/mol. The second-order valence-electron chi connectivity index (χ2n) is 11.0. The Kier molecular flexibility index (Phi) is 9.50. The molecule has 0 spiro atoms. The van der Waals surface area contributed by atoms with E-state index < -0.39 is 17.2 Å². The highest BCUT2D eigenvalue weighted by Crippen LogP contribution is 2.30. The summed E-state index contributed by atoms with van der Waals surface area (Å²) >= 11 is 0. The van der Waals surface area contributed by atoms with Gasteiger partial charge in [-0.25, -0.2) is 4.79 Å². The van der Waals surface area contributed by atoms with Crippen molar-refractivity contribution in [1.82, 2.24) is 4.90 Å². The monoisotopic (exact) mass is 523 g/mol. The van der Waals surface area contributed by atoms with E-state index in [1.165, 1.54) is 0 Å². The van der Waals surface area contributed by atoms with Gasteiger partial charge in [0.15, 0.2) is 5.60 Å². The Bertz CT molecular complexity index is 1170. The zero-order chi connectivity index (χ0) is 27.9. The molecule has 7 heteroatoms. The molecule has 0 N–H and O–H groups in total. The minimum Gasteiger partial charge on any atom is -0.497 e. The average molecular weight is 524 g/mol. The van der Waals surface area contributed by atoms with Gasteiger partial charge in [0, 0.05) is 19.2 Å². The summed E-state index contributed by atoms with van der Waals surface area (Å²) in [6.07, 6.45) is 1.69. The van der Waals surface area contributed by atoms with Gasteiger partial charge in [0.1, 0.15) is 35.2 Å². The lowest BCUT2D eigenvalue weighted by Gasteiger charge is -2.30. The van der Waals surface area contributed by atoms with Crippen LogP contribution in [0.5, 0.6) is 17.2 Å². The summed E-state index contributed by atoms with van der Waals surface area (Å²) in [5.41, 5.74) is 1.35. The largest absolute Gasteiger partial charge is 0.497 e. The van der Waals surface area contributed by atoms with E-state index in [9.17, 15) is 4.79 Å². The summed E-state index contributed by atoms with van der Waals surface area (Å²) in [6, 6.07) is 15.7. The summed E-state index contributed by atoms with van der Waals surface area (Å²) in [5.74, 6) is 2.72. The Balaban J connectivity index is 1.71. The highest BCUT2D eigenvalue weighted by molar-refractivity contribution is 5.79. The first-order valence-electron chi connectivity index (χ1n) is 12.9. The SMILES string of the molecule is COc1cccc(OCCN(Cc2cc(C)c(OC(C)(C)C(=O)OC(C)(C)C)c(C)c2)Cc2ccco2)c1. The quantitative estimate of drug-likeness (QED) is 0.252. The molecule has 0 atom stereocenters. The molecule has 3 aromatic rings. The number of carbonyl (C=O) groups is 1. The first-order valence-corrected chi connectivity index (χ1v) is 12.9. The van der Waals surface area contributed by atoms with Crippen LogP contribution in [0.3, 0.4) is 0 Å². The summed E-state index contributed by atoms with van der Waals surface area (Å²) in [5, 5.41) is 0. The van der Waals surface area contributed by atoms with Crippen LogP contribution in [0.2, 0.25) is 0 Å². The van der Waals surface area contributed by atoms with E-state index in [-0.39, 0.29) is 0 Å². The van der Waals surface area contributed by atoms with Crippen LogP contribution in [-0.4, -0.2) is 42.3 Å². The molecule has 0 aliphatic carbocycles. The predicted octanol–water partition coefficient (Wildman–Crippen LogP) is 6.49. The summed E-state index contributed by atoms with van der Waals surface area (Å²) < 4.78 is 28.7. The number of hydrogen-bond donors (Lipinski definition) is 0. The number of nitrogens with zero attached hydrogens (tertiary/aromatic N) is 1. The van der Waals surface area contributed by atoms with Gasteiger partial charge in [0.2, 0.25) is 0 Å². The van der Waals surface area contributed by atoms with Gasteiger partial charge in [-0.2, -0.15) is 0 Å². The molecule has 0 aliphatic rings. The molecule has 0 amide bonds. The Morgan fingerprint density at radius 3 is 2.21 bits per heavy atom. The van der Waals surface area contributed by atoms with E-state index in [4.69, 9.17) is 23.4 Å². The number of rotatable bonds is 12. The number of aryl methyl sites for hydroxylation is 2. The van der Waals surface area contributed by atoms with Gasteiger partial charge >= 0.3 is 5.97 Å². The zero-order valence-electron chi connectivity index (χ0n) is 23.9. The van der Waals surface area contributed by atoms with E-state index >= 15 is 0 Å². The number of hydrogen-bond acceptors (Lipinski definition) is 7. The third-order valence-electron chi connectivity index (χ3n) is 5.85. The number of benzene rings is 2. The molecule has 3 rings (SSSR count). The fraction of sp³-hybridized carbons (Fsp3) is 0.452. The molecule has 0 fully saturated rings. The second-order valence-corrected chi connectivity index (χ2v) is 11.0. The summed E-state index contributed by atoms with van der Waals surface area (Å²) in [6.45, 7) is 15.6. The molecule has 1 heterocycles. The average Bonchev–Trinajstić information content (AvgIpc) is 3.33. The Morgan fingerprint density at radius 2 is 1.61 bits per heavy atom. The van der Waals surface area contributed by atoms with Gasteiger partial charge < -0.3 is 23.4 Å². The fourth-order valence-electron chi connectivity index (χ4n) is 4.07. The zero-order valence-corrected chi connectivity index (χ0v) is 23.9. The molecular formula is C31H41NO6. The summed E-state index contributed by atoms with van der Waals surface area (Å²) in [7, 11) is 1.64. The van der Waals surface area contributed by atoms with Crippen LogP contribution in [0.1, 0.15) is 57.1 Å². The fourth-order valence-corrected chi connectivity index (χ4v) is 4.07. The third-order valence-corrected chi connectivity index (χ3v) is 5.85. The van der Waals surface area contributed by atoms with Crippen LogP contribution in [0.4, 0.5) is 0 Å². The van der Waals surface area contributed by atoms with Crippen LogP contribution < -0.4 is 14.2 Å². The lowest BCUT2D eigenvalue weighted by Crippen LogP contribution is -2.43. The summed E-state index contributed by atoms with van der Waals surface area (Å²) in [4.78, 5) is 15.0. The van der Waals surface area contributed by atoms with E-state index in [1.54, 1.807) is 27.2 Å². The van der Waals surface area contributed by atoms with Crippen molar-refractivity contribution in [3.63, 3.8) is 0 Å². The van der Waals surface area contributed by atoms with Gasteiger partial charge in [-0.3, -0.25) is 4.90 Å². The first kappa shape index (κ1) is 29.1. The molecule has 2 aromatic carbocycles. The number of methoxy groups -OCH3 is 1. The number of esters is 1. The van der Waals surface area contributed by atoms with Crippen LogP contribution in [0.15, 0.2) is 59.2 Å². The van der Waals surface area contributed by atoms with Gasteiger partial charge in [-0.15, -0.1) is 0 Å². The van der Waals surface area contributed by atoms with Crippen molar-refractivity contribution in [2.45, 2.75) is 72.8 Å². The van der Waals surface area contributed by atoms with E-state index in [2.05, 4.69) is 17.0 Å². The van der Waals surface area contributed by atoms with Crippen molar-refractivity contribution in [1.29, 1.82) is 0 Å². The lowest BCUT2D eigenvalue weighted by atomic mass is 10.0. The maximum atomic E-state index is 12.7. The molecule has 1 aromatic heterocycles. The third kappa shape index (κ3) is 8.55. The molecule has 0 radical (unpaired) electrons. The molecule has 7 nitrogen and oxygen atoms in total. The normalized spacial score (nSPS) is 11.9. The highest BCUT2D eigenvalue weighted by Gasteiger charge is 2.35. The minimum absolute atomic E-state index is 0.395. The maximum Gasteiger partial charge on any atom is 0.350 e. The molecule has 0 unspecified atom stereocenters. The number of carbonyl (C=O) groups excluding carboxylic acids is 1. The molecule has 0 saturated carbocycles. The number of ether oxygens (including phenoxy) is 4. The van der Waals surface area contributed by atoms with Crippen LogP contribution in [0, 0.1) is 13.8 Å². The minimum atomic E-state index is -1.12. The smallest absolute Gasteiger partial charge is 0.350 e. The Morgan fingerprint density at radius 1 is 0.921 bits per heavy atom. The molecule has 0 saturated heterocycles. The van der Waals surface area contributed by atoms with Crippen molar-refractivity contribution in [3.05, 3.63) is 77.2 Å². The van der Waals surface area contributed by atoms with E-state index in [0.717, 1.165) is 33.9 Å². The van der Waals surface area contributed by atoms with Crippen molar-refractivity contribution in [3.8, 4) is 17.2 Å². The molecule has 206 valence electrons. The van der Waals surface area contributed by atoms with Gasteiger partial charge in [0.05, 0.1) is 19.9 Å². The highest BCUT2D eigenvalue weighted by atomic mass is 16.6.